The highest BCUT2D eigenvalue weighted by Crippen LogP contribution is 2.18. The molecule has 0 aromatic heterocycles. The van der Waals surface area contributed by atoms with Crippen LogP contribution in [0.1, 0.15) is 36.8 Å². The smallest absolute Gasteiger partial charge is 0.137 e. The second kappa shape index (κ2) is 6.92. The molecule has 1 aliphatic rings. The molecule has 0 radical (unpaired) electrons. The molecule has 0 aliphatic heterocycles. The van der Waals surface area contributed by atoms with Gasteiger partial charge in [-0.05, 0) is 51.2 Å². The van der Waals surface area contributed by atoms with E-state index in [0.29, 0.717) is 6.61 Å². The quantitative estimate of drug-likeness (QED) is 0.819. The van der Waals surface area contributed by atoms with Gasteiger partial charge in [0, 0.05) is 0 Å². The minimum absolute atomic E-state index is 0.382. The summed E-state index contributed by atoms with van der Waals surface area (Å²) in [6.07, 6.45) is 4.89. The molecule has 0 amide bonds. The Hall–Kier alpha value is -1.06. The second-order valence-corrected chi connectivity index (χ2v) is 5.75. The van der Waals surface area contributed by atoms with Crippen molar-refractivity contribution in [3.63, 3.8) is 0 Å². The fourth-order valence-corrected chi connectivity index (χ4v) is 2.76. The van der Waals surface area contributed by atoms with Gasteiger partial charge in [-0.3, -0.25) is 0 Å². The summed E-state index contributed by atoms with van der Waals surface area (Å²) in [6.45, 7) is 5.24. The van der Waals surface area contributed by atoms with Crippen LogP contribution in [0.25, 0.3) is 0 Å². The van der Waals surface area contributed by atoms with Crippen molar-refractivity contribution in [3.8, 4) is 5.75 Å². The Morgan fingerprint density at radius 3 is 2.74 bits per heavy atom. The van der Waals surface area contributed by atoms with E-state index in [2.05, 4.69) is 18.3 Å². The lowest BCUT2D eigenvalue weighted by Crippen LogP contribution is -2.91. The third-order valence-electron chi connectivity index (χ3n) is 3.90. The van der Waals surface area contributed by atoms with E-state index in [1.54, 1.807) is 0 Å². The highest BCUT2D eigenvalue weighted by molar-refractivity contribution is 5.35. The molecule has 3 heteroatoms. The summed E-state index contributed by atoms with van der Waals surface area (Å²) in [5, 5.41) is 12.2. The maximum atomic E-state index is 9.96. The second-order valence-electron chi connectivity index (χ2n) is 5.75. The summed E-state index contributed by atoms with van der Waals surface area (Å²) in [5.74, 6) is 0.880. The van der Waals surface area contributed by atoms with Crippen molar-refractivity contribution in [1.82, 2.24) is 0 Å². The van der Waals surface area contributed by atoms with Gasteiger partial charge in [-0.2, -0.15) is 0 Å². The van der Waals surface area contributed by atoms with Crippen molar-refractivity contribution in [2.24, 2.45) is 0 Å². The maximum absolute atomic E-state index is 9.96. The molecule has 0 spiro atoms. The van der Waals surface area contributed by atoms with Crippen LogP contribution in [0.2, 0.25) is 0 Å². The zero-order chi connectivity index (χ0) is 13.7. The first-order valence-corrected chi connectivity index (χ1v) is 7.36. The molecule has 1 aromatic carbocycles. The van der Waals surface area contributed by atoms with Gasteiger partial charge in [-0.1, -0.05) is 17.7 Å². The average Bonchev–Trinajstić information content (AvgIpc) is 2.88. The van der Waals surface area contributed by atoms with Crippen LogP contribution in [0.5, 0.6) is 5.75 Å². The molecule has 19 heavy (non-hydrogen) atoms. The largest absolute Gasteiger partial charge is 0.490 e. The van der Waals surface area contributed by atoms with Gasteiger partial charge in [-0.25, -0.2) is 0 Å². The summed E-state index contributed by atoms with van der Waals surface area (Å²) in [7, 11) is 0. The van der Waals surface area contributed by atoms with Crippen LogP contribution < -0.4 is 10.1 Å². The Kier molecular flexibility index (Phi) is 5.23. The van der Waals surface area contributed by atoms with Crippen molar-refractivity contribution in [2.75, 3.05) is 13.2 Å². The van der Waals surface area contributed by atoms with Crippen LogP contribution >= 0.6 is 0 Å². The van der Waals surface area contributed by atoms with Crippen LogP contribution in [0, 0.1) is 13.8 Å². The molecule has 1 aliphatic carbocycles. The lowest BCUT2D eigenvalue weighted by molar-refractivity contribution is -0.693. The number of aryl methyl sites for hydroxylation is 2. The lowest BCUT2D eigenvalue weighted by atomic mass is 10.1. The molecule has 106 valence electrons. The Labute approximate surface area is 116 Å². The van der Waals surface area contributed by atoms with Gasteiger partial charge >= 0.3 is 0 Å². The number of rotatable bonds is 6. The topological polar surface area (TPSA) is 46.1 Å². The molecule has 2 rings (SSSR count). The molecular weight excluding hydrogens is 238 g/mol. The van der Waals surface area contributed by atoms with Gasteiger partial charge in [0.05, 0.1) is 6.04 Å². The molecule has 0 bridgehead atoms. The SMILES string of the molecule is Cc1ccc(OC[C@H](O)C[NH2+]C2CCCC2)c(C)c1. The zero-order valence-electron chi connectivity index (χ0n) is 12.1. The first-order chi connectivity index (χ1) is 9.15. The van der Waals surface area contributed by atoms with Crippen LogP contribution in [0.15, 0.2) is 18.2 Å². The summed E-state index contributed by atoms with van der Waals surface area (Å²) >= 11 is 0. The molecule has 0 saturated heterocycles. The minimum atomic E-state index is -0.388. The summed E-state index contributed by atoms with van der Waals surface area (Å²) in [5.41, 5.74) is 2.37. The highest BCUT2D eigenvalue weighted by atomic mass is 16.5. The summed E-state index contributed by atoms with van der Waals surface area (Å²) < 4.78 is 5.70. The molecule has 1 aromatic rings. The normalized spacial score (nSPS) is 17.6. The van der Waals surface area contributed by atoms with E-state index in [9.17, 15) is 5.11 Å². The van der Waals surface area contributed by atoms with Gasteiger partial charge in [0.15, 0.2) is 0 Å². The van der Waals surface area contributed by atoms with E-state index in [1.807, 2.05) is 19.1 Å². The van der Waals surface area contributed by atoms with Gasteiger partial charge in [0.1, 0.15) is 25.0 Å². The maximum Gasteiger partial charge on any atom is 0.137 e. The van der Waals surface area contributed by atoms with Gasteiger partial charge in [-0.15, -0.1) is 0 Å². The van der Waals surface area contributed by atoms with Crippen molar-refractivity contribution in [1.29, 1.82) is 0 Å². The molecule has 1 saturated carbocycles. The predicted molar refractivity (Wildman–Crippen MR) is 76.5 cm³/mol. The van der Waals surface area contributed by atoms with Crippen molar-refractivity contribution in [2.45, 2.75) is 51.7 Å². The van der Waals surface area contributed by atoms with Crippen LogP contribution in [-0.4, -0.2) is 30.4 Å². The van der Waals surface area contributed by atoms with Crippen LogP contribution in [0.3, 0.4) is 0 Å². The number of hydrogen-bond acceptors (Lipinski definition) is 2. The molecular formula is C16H26NO2+. The fraction of sp³-hybridized carbons (Fsp3) is 0.625. The number of ether oxygens (including phenoxy) is 1. The number of benzene rings is 1. The Morgan fingerprint density at radius 2 is 2.05 bits per heavy atom. The average molecular weight is 264 g/mol. The van der Waals surface area contributed by atoms with Gasteiger partial charge in [0.25, 0.3) is 0 Å². The standard InChI is InChI=1S/C16H25NO2/c1-12-7-8-16(13(2)9-12)19-11-15(18)10-17-14-5-3-4-6-14/h7-9,14-15,17-18H,3-6,10-11H2,1-2H3/p+1/t15-/m1/s1. The Morgan fingerprint density at radius 1 is 1.32 bits per heavy atom. The van der Waals surface area contributed by atoms with Crippen LogP contribution in [0.4, 0.5) is 0 Å². The number of aliphatic hydroxyl groups is 1. The van der Waals surface area contributed by atoms with Crippen LogP contribution in [-0.2, 0) is 0 Å². The lowest BCUT2D eigenvalue weighted by Gasteiger charge is -2.15. The van der Waals surface area contributed by atoms with Crippen molar-refractivity contribution >= 4 is 0 Å². The number of nitrogens with two attached hydrogens (primary N) is 1. The molecule has 3 nitrogen and oxygen atoms in total. The molecule has 3 N–H and O–H groups in total. The number of aliphatic hydroxyl groups excluding tert-OH is 1. The molecule has 1 fully saturated rings. The van der Waals surface area contributed by atoms with Gasteiger partial charge < -0.3 is 15.2 Å². The van der Waals surface area contributed by atoms with E-state index >= 15 is 0 Å². The van der Waals surface area contributed by atoms with Crippen molar-refractivity contribution in [3.05, 3.63) is 29.3 Å². The first-order valence-electron chi connectivity index (χ1n) is 7.36. The van der Waals surface area contributed by atoms with Gasteiger partial charge in [0.2, 0.25) is 0 Å². The Bertz CT molecular complexity index is 400. The molecule has 1 atom stereocenters. The first kappa shape index (κ1) is 14.4. The molecule has 0 heterocycles. The Balaban J connectivity index is 1.71. The number of quaternary nitrogens is 1. The summed E-state index contributed by atoms with van der Waals surface area (Å²) in [6, 6.07) is 6.85. The minimum Gasteiger partial charge on any atom is -0.490 e. The fourth-order valence-electron chi connectivity index (χ4n) is 2.76. The third kappa shape index (κ3) is 4.51. The van der Waals surface area contributed by atoms with E-state index in [1.165, 1.54) is 31.2 Å². The number of hydrogen-bond donors (Lipinski definition) is 2. The van der Waals surface area contributed by atoms with E-state index in [4.69, 9.17) is 4.74 Å². The molecule has 0 unspecified atom stereocenters. The van der Waals surface area contributed by atoms with E-state index in [0.717, 1.165) is 23.9 Å². The highest BCUT2D eigenvalue weighted by Gasteiger charge is 2.19. The predicted octanol–water partition coefficient (Wildman–Crippen LogP) is 1.55. The third-order valence-corrected chi connectivity index (χ3v) is 3.90. The zero-order valence-corrected chi connectivity index (χ0v) is 12.1. The van der Waals surface area contributed by atoms with Crippen molar-refractivity contribution < 1.29 is 15.2 Å². The summed E-state index contributed by atoms with van der Waals surface area (Å²) in [4.78, 5) is 0. The van der Waals surface area contributed by atoms with E-state index < -0.39 is 0 Å². The van der Waals surface area contributed by atoms with E-state index in [-0.39, 0.29) is 6.10 Å². The monoisotopic (exact) mass is 264 g/mol.